The van der Waals surface area contributed by atoms with Crippen molar-refractivity contribution in [2.24, 2.45) is 5.92 Å². The predicted octanol–water partition coefficient (Wildman–Crippen LogP) is 5.57. The van der Waals surface area contributed by atoms with Crippen molar-refractivity contribution in [3.63, 3.8) is 0 Å². The molecule has 1 aromatic carbocycles. The zero-order valence-corrected chi connectivity index (χ0v) is 22.0. The molecule has 4 rings (SSSR count). The van der Waals surface area contributed by atoms with Crippen molar-refractivity contribution < 1.29 is 23.1 Å². The molecule has 0 spiro atoms. The van der Waals surface area contributed by atoms with Crippen molar-refractivity contribution in [2.45, 2.75) is 71.4 Å². The molecule has 2 heterocycles. The van der Waals surface area contributed by atoms with Crippen molar-refractivity contribution in [3.05, 3.63) is 58.9 Å². The maximum atomic E-state index is 15.2. The third-order valence-corrected chi connectivity index (χ3v) is 6.70. The number of nitrogens with one attached hydrogen (secondary N) is 2. The molecule has 0 aliphatic heterocycles. The van der Waals surface area contributed by atoms with Crippen LogP contribution >= 0.6 is 0 Å². The third kappa shape index (κ3) is 6.09. The van der Waals surface area contributed by atoms with E-state index in [0.717, 1.165) is 49.1 Å². The number of ether oxygens (including phenoxy) is 1. The Hall–Kier alpha value is -3.49. The predicted molar refractivity (Wildman–Crippen MR) is 137 cm³/mol. The number of benzene rings is 1. The fourth-order valence-electron chi connectivity index (χ4n) is 4.93. The van der Waals surface area contributed by atoms with Gasteiger partial charge in [-0.2, -0.15) is 0 Å². The number of nitrogens with zero attached hydrogens (tertiary/aromatic N) is 2. The van der Waals surface area contributed by atoms with Gasteiger partial charge in [0.25, 0.3) is 5.91 Å². The minimum Gasteiger partial charge on any atom is -0.444 e. The second-order valence-electron chi connectivity index (χ2n) is 10.8. The van der Waals surface area contributed by atoms with E-state index in [1.54, 1.807) is 0 Å². The number of hydrogen-bond acceptors (Lipinski definition) is 4. The Bertz CT molecular complexity index is 1300. The summed E-state index contributed by atoms with van der Waals surface area (Å²) in [5, 5.41) is 5.34. The van der Waals surface area contributed by atoms with Crippen LogP contribution in [0.25, 0.3) is 16.9 Å². The van der Waals surface area contributed by atoms with Crippen LogP contribution in [0.1, 0.15) is 68.1 Å². The van der Waals surface area contributed by atoms with Gasteiger partial charge < -0.3 is 19.8 Å². The summed E-state index contributed by atoms with van der Waals surface area (Å²) >= 11 is 0. The van der Waals surface area contributed by atoms with Crippen LogP contribution in [0.4, 0.5) is 13.6 Å². The molecule has 198 valence electrons. The SMILES string of the molecule is CNC(=O)c1cc(F)c(-c2nc3cc(C)ccn3c2CC2CCC(NC(=O)OC(C)(C)C)CC2)c(F)c1. The van der Waals surface area contributed by atoms with Gasteiger partial charge in [0, 0.05) is 24.8 Å². The summed E-state index contributed by atoms with van der Waals surface area (Å²) in [6.07, 6.45) is 5.31. The first-order valence-corrected chi connectivity index (χ1v) is 12.6. The Labute approximate surface area is 215 Å². The lowest BCUT2D eigenvalue weighted by Gasteiger charge is -2.30. The largest absolute Gasteiger partial charge is 0.444 e. The summed E-state index contributed by atoms with van der Waals surface area (Å²) < 4.78 is 37.7. The minimum atomic E-state index is -0.828. The molecular weight excluding hydrogens is 478 g/mol. The molecule has 0 saturated heterocycles. The monoisotopic (exact) mass is 512 g/mol. The van der Waals surface area contributed by atoms with E-state index in [2.05, 4.69) is 15.6 Å². The maximum absolute atomic E-state index is 15.2. The van der Waals surface area contributed by atoms with Crippen LogP contribution in [0.2, 0.25) is 0 Å². The molecule has 0 bridgehead atoms. The number of carbonyl (C=O) groups excluding carboxylic acids is 2. The average Bonchev–Trinajstić information content (AvgIpc) is 3.14. The van der Waals surface area contributed by atoms with E-state index < -0.39 is 29.2 Å². The van der Waals surface area contributed by atoms with Crippen LogP contribution in [0, 0.1) is 24.5 Å². The van der Waals surface area contributed by atoms with Crippen LogP contribution in [0.3, 0.4) is 0 Å². The van der Waals surface area contributed by atoms with Gasteiger partial charge in [0.05, 0.1) is 17.0 Å². The number of fused-ring (bicyclic) bond motifs is 1. The Morgan fingerprint density at radius 1 is 1.11 bits per heavy atom. The van der Waals surface area contributed by atoms with Crippen LogP contribution in [0.15, 0.2) is 30.5 Å². The number of amides is 2. The van der Waals surface area contributed by atoms with Crippen LogP contribution < -0.4 is 10.6 Å². The summed E-state index contributed by atoms with van der Waals surface area (Å²) in [6.45, 7) is 7.43. The van der Waals surface area contributed by atoms with E-state index in [4.69, 9.17) is 4.74 Å². The maximum Gasteiger partial charge on any atom is 0.407 e. The number of halogens is 2. The molecule has 0 unspecified atom stereocenters. The molecule has 1 aliphatic carbocycles. The summed E-state index contributed by atoms with van der Waals surface area (Å²) in [7, 11) is 1.41. The highest BCUT2D eigenvalue weighted by Gasteiger charge is 2.28. The number of rotatable bonds is 5. The zero-order valence-electron chi connectivity index (χ0n) is 22.0. The van der Waals surface area contributed by atoms with Crippen molar-refractivity contribution >= 4 is 17.6 Å². The van der Waals surface area contributed by atoms with Crippen LogP contribution in [-0.4, -0.2) is 40.1 Å². The van der Waals surface area contributed by atoms with Crippen molar-refractivity contribution in [2.75, 3.05) is 7.05 Å². The van der Waals surface area contributed by atoms with Gasteiger partial charge in [0.15, 0.2) is 0 Å². The van der Waals surface area contributed by atoms with Gasteiger partial charge in [0.1, 0.15) is 22.9 Å². The second kappa shape index (κ2) is 10.5. The molecule has 7 nitrogen and oxygen atoms in total. The molecule has 2 amide bonds. The standard InChI is InChI=1S/C28H34F2N4O3/c1-16-10-11-34-22(13-17-6-8-19(9-7-17)32-27(36)37-28(2,3)4)25(33-23(34)12-16)24-20(29)14-18(15-21(24)30)26(35)31-5/h10-12,14-15,17,19H,6-9,13H2,1-5H3,(H,31,35)(H,32,36). The molecule has 1 fully saturated rings. The molecule has 1 aliphatic rings. The number of aromatic nitrogens is 2. The normalized spacial score (nSPS) is 18.0. The van der Waals surface area contributed by atoms with E-state index >= 15 is 8.78 Å². The number of hydrogen-bond donors (Lipinski definition) is 2. The lowest BCUT2D eigenvalue weighted by atomic mass is 9.83. The molecule has 1 saturated carbocycles. The summed E-state index contributed by atoms with van der Waals surface area (Å²) in [6, 6.07) is 5.93. The van der Waals surface area contributed by atoms with Crippen LogP contribution in [0.5, 0.6) is 0 Å². The highest BCUT2D eigenvalue weighted by atomic mass is 19.1. The van der Waals surface area contributed by atoms with E-state index in [9.17, 15) is 9.59 Å². The molecular formula is C28H34F2N4O3. The molecule has 37 heavy (non-hydrogen) atoms. The van der Waals surface area contributed by atoms with E-state index in [1.807, 2.05) is 50.4 Å². The second-order valence-corrected chi connectivity index (χ2v) is 10.8. The summed E-state index contributed by atoms with van der Waals surface area (Å²) in [4.78, 5) is 28.7. The van der Waals surface area contributed by atoms with E-state index in [-0.39, 0.29) is 28.8 Å². The summed E-state index contributed by atoms with van der Waals surface area (Å²) in [5.74, 6) is -1.96. The molecule has 3 aromatic rings. The first kappa shape index (κ1) is 26.6. The fraction of sp³-hybridized carbons (Fsp3) is 0.464. The van der Waals surface area contributed by atoms with Crippen LogP contribution in [-0.2, 0) is 11.2 Å². The number of carbonyl (C=O) groups is 2. The first-order chi connectivity index (χ1) is 17.4. The highest BCUT2D eigenvalue weighted by molar-refractivity contribution is 5.94. The smallest absolute Gasteiger partial charge is 0.407 e. The Morgan fingerprint density at radius 3 is 2.35 bits per heavy atom. The van der Waals surface area contributed by atoms with Crippen molar-refractivity contribution in [1.82, 2.24) is 20.0 Å². The van der Waals surface area contributed by atoms with Gasteiger partial charge >= 0.3 is 6.09 Å². The third-order valence-electron chi connectivity index (χ3n) is 6.70. The topological polar surface area (TPSA) is 84.7 Å². The van der Waals surface area contributed by atoms with Gasteiger partial charge in [0.2, 0.25) is 0 Å². The van der Waals surface area contributed by atoms with Gasteiger partial charge in [-0.15, -0.1) is 0 Å². The molecule has 2 aromatic heterocycles. The quantitative estimate of drug-likeness (QED) is 0.468. The highest BCUT2D eigenvalue weighted by Crippen LogP contribution is 2.35. The number of aryl methyl sites for hydroxylation is 1. The molecule has 0 atom stereocenters. The molecule has 0 radical (unpaired) electrons. The first-order valence-electron chi connectivity index (χ1n) is 12.6. The Kier molecular flexibility index (Phi) is 7.52. The van der Waals surface area contributed by atoms with E-state index in [1.165, 1.54) is 7.05 Å². The molecule has 2 N–H and O–H groups in total. The van der Waals surface area contributed by atoms with E-state index in [0.29, 0.717) is 12.1 Å². The van der Waals surface area contributed by atoms with Gasteiger partial charge in [-0.3, -0.25) is 4.79 Å². The lowest BCUT2D eigenvalue weighted by Crippen LogP contribution is -2.41. The number of alkyl carbamates (subject to hydrolysis) is 1. The van der Waals surface area contributed by atoms with Crippen molar-refractivity contribution in [3.8, 4) is 11.3 Å². The minimum absolute atomic E-state index is 0.0301. The fourth-order valence-corrected chi connectivity index (χ4v) is 4.93. The summed E-state index contributed by atoms with van der Waals surface area (Å²) in [5.41, 5.74) is 1.70. The van der Waals surface area contributed by atoms with Gasteiger partial charge in [-0.25, -0.2) is 18.6 Å². The van der Waals surface area contributed by atoms with Gasteiger partial charge in [-0.05, 0) is 95.5 Å². The van der Waals surface area contributed by atoms with Gasteiger partial charge in [-0.1, -0.05) is 0 Å². The number of imidazole rings is 1. The number of pyridine rings is 1. The van der Waals surface area contributed by atoms with Crippen molar-refractivity contribution in [1.29, 1.82) is 0 Å². The average molecular weight is 513 g/mol. The Morgan fingerprint density at radius 2 is 1.76 bits per heavy atom. The lowest BCUT2D eigenvalue weighted by molar-refractivity contribution is 0.0487. The zero-order chi connectivity index (χ0) is 26.9. The Balaban J connectivity index is 1.59. The molecule has 9 heteroatoms.